The van der Waals surface area contributed by atoms with Gasteiger partial charge in [-0.2, -0.15) is 0 Å². The van der Waals surface area contributed by atoms with Crippen molar-refractivity contribution in [3.8, 4) is 0 Å². The Hall–Kier alpha value is -1.80. The van der Waals surface area contributed by atoms with Crippen LogP contribution in [0.15, 0.2) is 34.7 Å². The fourth-order valence-electron chi connectivity index (χ4n) is 3.55. The third kappa shape index (κ3) is 5.35. The lowest BCUT2D eigenvalue weighted by Crippen LogP contribution is -2.52. The second-order valence-electron chi connectivity index (χ2n) is 6.92. The van der Waals surface area contributed by atoms with E-state index in [4.69, 9.17) is 9.15 Å². The minimum absolute atomic E-state index is 0.0888. The maximum absolute atomic E-state index is 13.5. The van der Waals surface area contributed by atoms with Crippen LogP contribution in [-0.2, 0) is 24.4 Å². The van der Waals surface area contributed by atoms with Gasteiger partial charge in [-0.3, -0.25) is 9.80 Å². The molecule has 0 spiro atoms. The molecule has 1 aliphatic rings. The van der Waals surface area contributed by atoms with Gasteiger partial charge >= 0.3 is 0 Å². The zero-order valence-electron chi connectivity index (χ0n) is 15.5. The molecule has 1 fully saturated rings. The number of rotatable bonds is 8. The third-order valence-corrected chi connectivity index (χ3v) is 4.90. The highest BCUT2D eigenvalue weighted by Crippen LogP contribution is 2.20. The molecule has 2 heterocycles. The molecule has 3 rings (SSSR count). The molecule has 0 unspecified atom stereocenters. The van der Waals surface area contributed by atoms with E-state index < -0.39 is 11.6 Å². The summed E-state index contributed by atoms with van der Waals surface area (Å²) in [4.78, 5) is 4.51. The van der Waals surface area contributed by atoms with Gasteiger partial charge in [-0.05, 0) is 36.2 Å². The highest BCUT2D eigenvalue weighted by Gasteiger charge is 2.27. The minimum Gasteiger partial charge on any atom is -0.462 e. The number of nitrogens with zero attached hydrogens (tertiary/aromatic N) is 2. The van der Waals surface area contributed by atoms with Gasteiger partial charge < -0.3 is 14.3 Å². The number of ether oxygens (including phenoxy) is 1. The molecular formula is C20H26F2N2O3. The van der Waals surface area contributed by atoms with Crippen LogP contribution in [-0.4, -0.2) is 54.3 Å². The summed E-state index contributed by atoms with van der Waals surface area (Å²) in [5.74, 6) is 0.0338. The fraction of sp³-hybridized carbons (Fsp3) is 0.500. The number of hydrogen-bond donors (Lipinski definition) is 1. The van der Waals surface area contributed by atoms with Crippen LogP contribution in [0.25, 0.3) is 0 Å². The number of aliphatic hydroxyl groups excluding tert-OH is 1. The second-order valence-corrected chi connectivity index (χ2v) is 6.92. The molecule has 5 nitrogen and oxygen atoms in total. The predicted octanol–water partition coefficient (Wildman–Crippen LogP) is 2.77. The van der Waals surface area contributed by atoms with Gasteiger partial charge in [-0.25, -0.2) is 8.78 Å². The van der Waals surface area contributed by atoms with E-state index in [0.29, 0.717) is 26.1 Å². The summed E-state index contributed by atoms with van der Waals surface area (Å²) in [7, 11) is 1.63. The van der Waals surface area contributed by atoms with Crippen LogP contribution < -0.4 is 0 Å². The number of aliphatic hydroxyl groups is 1. The van der Waals surface area contributed by atoms with Gasteiger partial charge in [0, 0.05) is 45.9 Å². The summed E-state index contributed by atoms with van der Waals surface area (Å²) in [6, 6.07) is 8.05. The highest BCUT2D eigenvalue weighted by molar-refractivity contribution is 5.18. The van der Waals surface area contributed by atoms with E-state index in [1.807, 2.05) is 12.1 Å². The third-order valence-electron chi connectivity index (χ3n) is 4.90. The molecule has 1 aromatic heterocycles. The number of methoxy groups -OCH3 is 1. The predicted molar refractivity (Wildman–Crippen MR) is 97.0 cm³/mol. The first kappa shape index (κ1) is 19.9. The summed E-state index contributed by atoms with van der Waals surface area (Å²) < 4.78 is 37.5. The van der Waals surface area contributed by atoms with Crippen LogP contribution in [0.5, 0.6) is 0 Å². The molecule has 0 bridgehead atoms. The maximum atomic E-state index is 13.5. The summed E-state index contributed by atoms with van der Waals surface area (Å²) in [5, 5.41) is 9.43. The zero-order chi connectivity index (χ0) is 19.2. The van der Waals surface area contributed by atoms with E-state index in [2.05, 4.69) is 9.80 Å². The molecule has 27 heavy (non-hydrogen) atoms. The molecule has 1 aliphatic heterocycles. The van der Waals surface area contributed by atoms with Crippen LogP contribution in [0.3, 0.4) is 0 Å². The molecule has 0 saturated carbocycles. The van der Waals surface area contributed by atoms with Crippen molar-refractivity contribution < 1.29 is 23.0 Å². The molecular weight excluding hydrogens is 354 g/mol. The minimum atomic E-state index is -0.832. The van der Waals surface area contributed by atoms with Crippen molar-refractivity contribution in [1.29, 1.82) is 0 Å². The number of furan rings is 1. The summed E-state index contributed by atoms with van der Waals surface area (Å²) in [6.07, 6.45) is 0.632. The number of piperazine rings is 1. The maximum Gasteiger partial charge on any atom is 0.159 e. The summed E-state index contributed by atoms with van der Waals surface area (Å²) in [5.41, 5.74) is 0.737. The molecule has 1 saturated heterocycles. The van der Waals surface area contributed by atoms with Gasteiger partial charge in [0.2, 0.25) is 0 Å². The Morgan fingerprint density at radius 2 is 1.93 bits per heavy atom. The van der Waals surface area contributed by atoms with Gasteiger partial charge in [0.1, 0.15) is 18.1 Å². The monoisotopic (exact) mass is 380 g/mol. The summed E-state index contributed by atoms with van der Waals surface area (Å²) >= 11 is 0. The first-order valence-electron chi connectivity index (χ1n) is 9.16. The normalized spacial score (nSPS) is 18.9. The van der Waals surface area contributed by atoms with Crippen LogP contribution in [0.2, 0.25) is 0 Å². The topological polar surface area (TPSA) is 49.1 Å². The molecule has 2 aromatic rings. The van der Waals surface area contributed by atoms with E-state index in [1.54, 1.807) is 13.2 Å². The second kappa shape index (κ2) is 9.41. The Labute approximate surface area is 158 Å². The highest BCUT2D eigenvalue weighted by atomic mass is 19.2. The van der Waals surface area contributed by atoms with Crippen molar-refractivity contribution in [3.05, 3.63) is 59.1 Å². The van der Waals surface area contributed by atoms with Crippen LogP contribution in [0, 0.1) is 11.6 Å². The van der Waals surface area contributed by atoms with E-state index in [-0.39, 0.29) is 12.6 Å². The SMILES string of the molecule is COCc1ccc(CN2CCN(Cc3ccc(F)c(F)c3)[C@@H](CCO)C2)o1. The van der Waals surface area contributed by atoms with Gasteiger partial charge in [0.15, 0.2) is 11.6 Å². The van der Waals surface area contributed by atoms with Crippen molar-refractivity contribution in [2.45, 2.75) is 32.2 Å². The molecule has 0 aliphatic carbocycles. The Balaban J connectivity index is 1.60. The van der Waals surface area contributed by atoms with E-state index in [1.165, 1.54) is 6.07 Å². The van der Waals surface area contributed by atoms with Crippen LogP contribution in [0.4, 0.5) is 8.78 Å². The Morgan fingerprint density at radius 3 is 2.67 bits per heavy atom. The van der Waals surface area contributed by atoms with E-state index >= 15 is 0 Å². The average molecular weight is 380 g/mol. The molecule has 7 heteroatoms. The van der Waals surface area contributed by atoms with Crippen molar-refractivity contribution in [1.82, 2.24) is 9.80 Å². The van der Waals surface area contributed by atoms with E-state index in [9.17, 15) is 13.9 Å². The molecule has 0 radical (unpaired) electrons. The first-order valence-corrected chi connectivity index (χ1v) is 9.16. The Morgan fingerprint density at radius 1 is 1.11 bits per heavy atom. The van der Waals surface area contributed by atoms with Gasteiger partial charge in [-0.1, -0.05) is 6.07 Å². The number of hydrogen-bond acceptors (Lipinski definition) is 5. The smallest absolute Gasteiger partial charge is 0.159 e. The average Bonchev–Trinajstić information content (AvgIpc) is 3.08. The van der Waals surface area contributed by atoms with Crippen molar-refractivity contribution in [2.24, 2.45) is 0 Å². The largest absolute Gasteiger partial charge is 0.462 e. The summed E-state index contributed by atoms with van der Waals surface area (Å²) in [6.45, 7) is 4.19. The lowest BCUT2D eigenvalue weighted by molar-refractivity contribution is 0.0462. The van der Waals surface area contributed by atoms with Crippen molar-refractivity contribution in [3.63, 3.8) is 0 Å². The quantitative estimate of drug-likeness (QED) is 0.763. The van der Waals surface area contributed by atoms with Crippen molar-refractivity contribution in [2.75, 3.05) is 33.4 Å². The number of halogens is 2. The van der Waals surface area contributed by atoms with Gasteiger partial charge in [0.25, 0.3) is 0 Å². The lowest BCUT2D eigenvalue weighted by atomic mass is 10.1. The van der Waals surface area contributed by atoms with Crippen molar-refractivity contribution >= 4 is 0 Å². The molecule has 0 amide bonds. The van der Waals surface area contributed by atoms with Gasteiger partial charge in [0.05, 0.1) is 6.54 Å². The fourth-order valence-corrected chi connectivity index (χ4v) is 3.55. The van der Waals surface area contributed by atoms with Crippen LogP contribution >= 0.6 is 0 Å². The molecule has 1 N–H and O–H groups in total. The number of benzene rings is 1. The zero-order valence-corrected chi connectivity index (χ0v) is 15.5. The van der Waals surface area contributed by atoms with Gasteiger partial charge in [-0.15, -0.1) is 0 Å². The standard InChI is InChI=1S/C20H26F2N2O3/c1-26-14-18-4-3-17(27-18)13-23-7-8-24(16(12-23)6-9-25)11-15-2-5-19(21)20(22)10-15/h2-5,10,16,25H,6-9,11-14H2,1H3/t16-/m0/s1. The lowest BCUT2D eigenvalue weighted by Gasteiger charge is -2.41. The molecule has 148 valence electrons. The molecule has 1 atom stereocenters. The Kier molecular flexibility index (Phi) is 6.95. The Bertz CT molecular complexity index is 738. The van der Waals surface area contributed by atoms with Crippen LogP contribution in [0.1, 0.15) is 23.5 Å². The molecule has 1 aromatic carbocycles. The van der Waals surface area contributed by atoms with E-state index in [0.717, 1.165) is 42.8 Å². The first-order chi connectivity index (χ1) is 13.1.